The lowest BCUT2D eigenvalue weighted by Gasteiger charge is -2.20. The third kappa shape index (κ3) is 2.09. The Hall–Kier alpha value is -0.940. The van der Waals surface area contributed by atoms with E-state index in [1.165, 1.54) is 6.42 Å². The van der Waals surface area contributed by atoms with Gasteiger partial charge in [-0.05, 0) is 32.7 Å². The molecule has 0 aliphatic carbocycles. The largest absolute Gasteiger partial charge is 0.424 e. The smallest absolute Gasteiger partial charge is 0.224 e. The van der Waals surface area contributed by atoms with Crippen LogP contribution in [0.1, 0.15) is 43.9 Å². The van der Waals surface area contributed by atoms with Crippen molar-refractivity contribution in [1.82, 2.24) is 15.5 Å². The summed E-state index contributed by atoms with van der Waals surface area (Å²) in [5.41, 5.74) is -0.0760. The number of nitrogens with one attached hydrogen (secondary N) is 1. The average Bonchev–Trinajstić information content (AvgIpc) is 2.99. The van der Waals surface area contributed by atoms with E-state index in [9.17, 15) is 0 Å². The van der Waals surface area contributed by atoms with Crippen molar-refractivity contribution in [2.24, 2.45) is 0 Å². The van der Waals surface area contributed by atoms with Gasteiger partial charge < -0.3 is 14.5 Å². The first-order valence-electron chi connectivity index (χ1n) is 6.40. The quantitative estimate of drug-likeness (QED) is 0.838. The number of rotatable bonds is 2. The second kappa shape index (κ2) is 4.38. The second-order valence-corrected chi connectivity index (χ2v) is 5.35. The molecule has 2 aliphatic heterocycles. The van der Waals surface area contributed by atoms with Crippen LogP contribution in [0.3, 0.4) is 0 Å². The molecule has 2 atom stereocenters. The van der Waals surface area contributed by atoms with Gasteiger partial charge in [0.25, 0.3) is 0 Å². The molecule has 0 bridgehead atoms. The molecular weight excluding hydrogens is 218 g/mol. The Morgan fingerprint density at radius 1 is 1.41 bits per heavy atom. The van der Waals surface area contributed by atoms with Gasteiger partial charge in [-0.1, -0.05) is 0 Å². The van der Waals surface area contributed by atoms with E-state index >= 15 is 0 Å². The molecule has 94 valence electrons. The summed E-state index contributed by atoms with van der Waals surface area (Å²) in [4.78, 5) is 0. The highest BCUT2D eigenvalue weighted by atomic mass is 16.5. The van der Waals surface area contributed by atoms with Crippen LogP contribution in [0, 0.1) is 0 Å². The topological polar surface area (TPSA) is 60.2 Å². The second-order valence-electron chi connectivity index (χ2n) is 5.35. The highest BCUT2D eigenvalue weighted by Crippen LogP contribution is 2.33. The molecule has 2 aliphatic rings. The number of piperidine rings is 1. The standard InChI is InChI=1S/C12H19N3O2/c1-12(4-6-16-8-12)11-15-14-10(17-11)9-3-2-5-13-7-9/h9,13H,2-8H2,1H3. The maximum absolute atomic E-state index is 5.87. The van der Waals surface area contributed by atoms with Gasteiger partial charge in [0.05, 0.1) is 12.0 Å². The lowest BCUT2D eigenvalue weighted by Crippen LogP contribution is -2.28. The van der Waals surface area contributed by atoms with Crippen molar-refractivity contribution in [2.75, 3.05) is 26.3 Å². The molecule has 5 heteroatoms. The first kappa shape index (κ1) is 11.2. The van der Waals surface area contributed by atoms with Crippen molar-refractivity contribution in [3.8, 4) is 0 Å². The van der Waals surface area contributed by atoms with Gasteiger partial charge in [0.15, 0.2) is 0 Å². The van der Waals surface area contributed by atoms with E-state index in [1.54, 1.807) is 0 Å². The Kier molecular flexibility index (Phi) is 2.88. The molecule has 1 aromatic rings. The van der Waals surface area contributed by atoms with Crippen LogP contribution in [0.25, 0.3) is 0 Å². The van der Waals surface area contributed by atoms with Crippen LogP contribution in [0.15, 0.2) is 4.42 Å². The minimum atomic E-state index is -0.0760. The van der Waals surface area contributed by atoms with Crippen molar-refractivity contribution >= 4 is 0 Å². The van der Waals surface area contributed by atoms with Gasteiger partial charge in [-0.15, -0.1) is 10.2 Å². The average molecular weight is 237 g/mol. The zero-order valence-electron chi connectivity index (χ0n) is 10.2. The maximum Gasteiger partial charge on any atom is 0.224 e. The third-order valence-corrected chi connectivity index (χ3v) is 3.82. The molecule has 2 unspecified atom stereocenters. The third-order valence-electron chi connectivity index (χ3n) is 3.82. The Morgan fingerprint density at radius 2 is 2.35 bits per heavy atom. The number of nitrogens with zero attached hydrogens (tertiary/aromatic N) is 2. The van der Waals surface area contributed by atoms with Gasteiger partial charge >= 0.3 is 0 Å². The van der Waals surface area contributed by atoms with Crippen molar-refractivity contribution in [2.45, 2.75) is 37.5 Å². The van der Waals surface area contributed by atoms with E-state index in [2.05, 4.69) is 22.4 Å². The zero-order valence-corrected chi connectivity index (χ0v) is 10.2. The van der Waals surface area contributed by atoms with Gasteiger partial charge in [0.2, 0.25) is 11.8 Å². The van der Waals surface area contributed by atoms with Crippen molar-refractivity contribution in [1.29, 1.82) is 0 Å². The lowest BCUT2D eigenvalue weighted by molar-refractivity contribution is 0.172. The molecule has 2 fully saturated rings. The summed E-state index contributed by atoms with van der Waals surface area (Å²) in [6, 6.07) is 0. The Bertz CT molecular complexity index is 379. The van der Waals surface area contributed by atoms with E-state index in [-0.39, 0.29) is 5.41 Å². The Balaban J connectivity index is 1.77. The summed E-state index contributed by atoms with van der Waals surface area (Å²) in [7, 11) is 0. The minimum absolute atomic E-state index is 0.0760. The molecule has 5 nitrogen and oxygen atoms in total. The molecule has 1 N–H and O–H groups in total. The van der Waals surface area contributed by atoms with Crippen LogP contribution in [0.4, 0.5) is 0 Å². The molecule has 3 rings (SSSR count). The number of aromatic nitrogens is 2. The number of hydrogen-bond acceptors (Lipinski definition) is 5. The highest BCUT2D eigenvalue weighted by Gasteiger charge is 2.37. The van der Waals surface area contributed by atoms with Crippen molar-refractivity contribution < 1.29 is 9.15 Å². The van der Waals surface area contributed by atoms with E-state index in [4.69, 9.17) is 9.15 Å². The van der Waals surface area contributed by atoms with Gasteiger partial charge in [-0.3, -0.25) is 0 Å². The first-order valence-corrected chi connectivity index (χ1v) is 6.40. The van der Waals surface area contributed by atoms with E-state index in [1.807, 2.05) is 0 Å². The van der Waals surface area contributed by atoms with Gasteiger partial charge in [0.1, 0.15) is 0 Å². The molecule has 3 heterocycles. The van der Waals surface area contributed by atoms with Crippen molar-refractivity contribution in [3.63, 3.8) is 0 Å². The van der Waals surface area contributed by atoms with Gasteiger partial charge in [-0.25, -0.2) is 0 Å². The SMILES string of the molecule is CC1(c2nnc(C3CCCNC3)o2)CCOC1. The maximum atomic E-state index is 5.87. The van der Waals surface area contributed by atoms with Gasteiger partial charge in [0, 0.05) is 19.1 Å². The molecule has 17 heavy (non-hydrogen) atoms. The Labute approximate surface area is 101 Å². The van der Waals surface area contributed by atoms with Crippen LogP contribution in [0.2, 0.25) is 0 Å². The summed E-state index contributed by atoms with van der Waals surface area (Å²) in [5.74, 6) is 1.92. The highest BCUT2D eigenvalue weighted by molar-refractivity contribution is 5.06. The normalized spacial score (nSPS) is 34.1. The zero-order chi connectivity index (χ0) is 11.7. The molecular formula is C12H19N3O2. The summed E-state index contributed by atoms with van der Waals surface area (Å²) < 4.78 is 11.3. The molecule has 0 spiro atoms. The molecule has 0 aromatic carbocycles. The van der Waals surface area contributed by atoms with Crippen LogP contribution in [-0.4, -0.2) is 36.5 Å². The van der Waals surface area contributed by atoms with Crippen LogP contribution < -0.4 is 5.32 Å². The fraction of sp³-hybridized carbons (Fsp3) is 0.833. The van der Waals surface area contributed by atoms with E-state index < -0.39 is 0 Å². The monoisotopic (exact) mass is 237 g/mol. The lowest BCUT2D eigenvalue weighted by atomic mass is 9.90. The summed E-state index contributed by atoms with van der Waals surface area (Å²) in [6.07, 6.45) is 3.29. The molecule has 1 aromatic heterocycles. The van der Waals surface area contributed by atoms with Crippen LogP contribution in [0.5, 0.6) is 0 Å². The number of hydrogen-bond donors (Lipinski definition) is 1. The molecule has 2 saturated heterocycles. The predicted octanol–water partition coefficient (Wildman–Crippen LogP) is 1.21. The fourth-order valence-electron chi connectivity index (χ4n) is 2.54. The minimum Gasteiger partial charge on any atom is -0.424 e. The number of ether oxygens (including phenoxy) is 1. The van der Waals surface area contributed by atoms with Gasteiger partial charge in [-0.2, -0.15) is 0 Å². The first-order chi connectivity index (χ1) is 8.28. The van der Waals surface area contributed by atoms with E-state index in [0.29, 0.717) is 12.5 Å². The molecule has 0 radical (unpaired) electrons. The summed E-state index contributed by atoms with van der Waals surface area (Å²) >= 11 is 0. The fourth-order valence-corrected chi connectivity index (χ4v) is 2.54. The predicted molar refractivity (Wildman–Crippen MR) is 61.9 cm³/mol. The Morgan fingerprint density at radius 3 is 3.06 bits per heavy atom. The molecule has 0 saturated carbocycles. The summed E-state index contributed by atoms with van der Waals surface area (Å²) in [6.45, 7) is 5.67. The van der Waals surface area contributed by atoms with Crippen molar-refractivity contribution in [3.05, 3.63) is 11.8 Å². The van der Waals surface area contributed by atoms with Crippen LogP contribution in [-0.2, 0) is 10.2 Å². The molecule has 0 amide bonds. The van der Waals surface area contributed by atoms with E-state index in [0.717, 1.165) is 44.3 Å². The van der Waals surface area contributed by atoms with Crippen LogP contribution >= 0.6 is 0 Å². The summed E-state index contributed by atoms with van der Waals surface area (Å²) in [5, 5.41) is 11.8.